The predicted molar refractivity (Wildman–Crippen MR) is 110 cm³/mol. The Morgan fingerprint density at radius 3 is 2.56 bits per heavy atom. The number of furan rings is 1. The smallest absolute Gasteiger partial charge is 0.194 e. The van der Waals surface area contributed by atoms with Gasteiger partial charge in [0.05, 0.1) is 19.4 Å². The Morgan fingerprint density at radius 1 is 1.11 bits per heavy atom. The number of nitrogens with zero attached hydrogens (tertiary/aromatic N) is 2. The van der Waals surface area contributed by atoms with Crippen molar-refractivity contribution in [3.05, 3.63) is 84.3 Å². The van der Waals surface area contributed by atoms with Gasteiger partial charge >= 0.3 is 0 Å². The summed E-state index contributed by atoms with van der Waals surface area (Å²) in [7, 11) is 1.66. The second kappa shape index (κ2) is 7.63. The van der Waals surface area contributed by atoms with E-state index in [1.165, 1.54) is 0 Å². The number of para-hydroxylation sites is 1. The Bertz CT molecular complexity index is 937. The van der Waals surface area contributed by atoms with Crippen molar-refractivity contribution < 1.29 is 9.15 Å². The molecule has 6 heteroatoms. The molecule has 4 rings (SSSR count). The van der Waals surface area contributed by atoms with Crippen LogP contribution in [0.2, 0.25) is 0 Å². The SMILES string of the molecule is COc1ccc(C2CC(c3ccco3)=NN2C(=S)Nc2ccccc2)cc1. The lowest BCUT2D eigenvalue weighted by atomic mass is 10.0. The maximum absolute atomic E-state index is 5.66. The zero-order chi connectivity index (χ0) is 18.6. The maximum atomic E-state index is 5.66. The minimum absolute atomic E-state index is 0.0141. The molecule has 1 atom stereocenters. The highest BCUT2D eigenvalue weighted by molar-refractivity contribution is 7.80. The summed E-state index contributed by atoms with van der Waals surface area (Å²) in [5, 5.41) is 10.4. The first-order chi connectivity index (χ1) is 13.2. The average molecular weight is 377 g/mol. The fourth-order valence-electron chi connectivity index (χ4n) is 3.08. The van der Waals surface area contributed by atoms with E-state index >= 15 is 0 Å². The lowest BCUT2D eigenvalue weighted by Gasteiger charge is -2.25. The summed E-state index contributed by atoms with van der Waals surface area (Å²) in [4.78, 5) is 0. The molecular formula is C21H19N3O2S. The van der Waals surface area contributed by atoms with Crippen molar-refractivity contribution in [3.8, 4) is 5.75 Å². The van der Waals surface area contributed by atoms with Gasteiger partial charge in [-0.1, -0.05) is 30.3 Å². The molecular weight excluding hydrogens is 358 g/mol. The molecule has 1 aliphatic rings. The second-order valence-electron chi connectivity index (χ2n) is 6.16. The number of rotatable bonds is 4. The molecule has 1 unspecified atom stereocenters. The molecule has 3 aromatic rings. The molecule has 1 N–H and O–H groups in total. The summed E-state index contributed by atoms with van der Waals surface area (Å²) in [6, 6.07) is 21.6. The molecule has 0 amide bonds. The van der Waals surface area contributed by atoms with Crippen molar-refractivity contribution in [2.24, 2.45) is 5.10 Å². The van der Waals surface area contributed by atoms with Gasteiger partial charge < -0.3 is 14.5 Å². The fraction of sp³-hybridized carbons (Fsp3) is 0.143. The van der Waals surface area contributed by atoms with Crippen LogP contribution in [0.4, 0.5) is 5.69 Å². The van der Waals surface area contributed by atoms with E-state index in [2.05, 4.69) is 5.32 Å². The molecule has 1 aromatic heterocycles. The van der Waals surface area contributed by atoms with E-state index in [1.54, 1.807) is 13.4 Å². The van der Waals surface area contributed by atoms with Crippen molar-refractivity contribution in [2.45, 2.75) is 12.5 Å². The van der Waals surface area contributed by atoms with Crippen LogP contribution in [0.5, 0.6) is 5.75 Å². The van der Waals surface area contributed by atoms with E-state index in [0.717, 1.165) is 28.5 Å². The topological polar surface area (TPSA) is 50.0 Å². The molecule has 0 bridgehead atoms. The molecule has 0 fully saturated rings. The van der Waals surface area contributed by atoms with Crippen LogP contribution in [0, 0.1) is 0 Å². The fourth-order valence-corrected chi connectivity index (χ4v) is 3.36. The minimum atomic E-state index is -0.0141. The van der Waals surface area contributed by atoms with Crippen LogP contribution >= 0.6 is 12.2 Å². The number of anilines is 1. The summed E-state index contributed by atoms with van der Waals surface area (Å²) in [6.07, 6.45) is 2.36. The van der Waals surface area contributed by atoms with E-state index in [-0.39, 0.29) is 6.04 Å². The van der Waals surface area contributed by atoms with E-state index in [4.69, 9.17) is 26.5 Å². The van der Waals surface area contributed by atoms with Crippen LogP contribution in [0.15, 0.2) is 82.5 Å². The zero-order valence-electron chi connectivity index (χ0n) is 14.8. The van der Waals surface area contributed by atoms with E-state index in [0.29, 0.717) is 11.5 Å². The summed E-state index contributed by atoms with van der Waals surface area (Å²) in [5.74, 6) is 1.58. The third-order valence-electron chi connectivity index (χ3n) is 4.45. The summed E-state index contributed by atoms with van der Waals surface area (Å²) < 4.78 is 10.8. The summed E-state index contributed by atoms with van der Waals surface area (Å²) in [5.41, 5.74) is 2.91. The van der Waals surface area contributed by atoms with Crippen molar-refractivity contribution in [3.63, 3.8) is 0 Å². The first-order valence-electron chi connectivity index (χ1n) is 8.65. The second-order valence-corrected chi connectivity index (χ2v) is 6.54. The van der Waals surface area contributed by atoms with Crippen LogP contribution in [-0.4, -0.2) is 22.9 Å². The van der Waals surface area contributed by atoms with Gasteiger partial charge in [0.2, 0.25) is 0 Å². The number of nitrogens with one attached hydrogen (secondary N) is 1. The molecule has 1 aliphatic heterocycles. The van der Waals surface area contributed by atoms with Crippen LogP contribution in [0.1, 0.15) is 23.8 Å². The number of benzene rings is 2. The molecule has 27 heavy (non-hydrogen) atoms. The van der Waals surface area contributed by atoms with Gasteiger partial charge in [0, 0.05) is 12.1 Å². The van der Waals surface area contributed by atoms with E-state index < -0.39 is 0 Å². The predicted octanol–water partition coefficient (Wildman–Crippen LogP) is 4.84. The Balaban J connectivity index is 1.63. The number of hydrogen-bond acceptors (Lipinski definition) is 4. The molecule has 0 spiro atoms. The van der Waals surface area contributed by atoms with E-state index in [1.807, 2.05) is 71.7 Å². The van der Waals surface area contributed by atoms with Gasteiger partial charge in [-0.15, -0.1) is 0 Å². The first kappa shape index (κ1) is 17.3. The monoisotopic (exact) mass is 377 g/mol. The van der Waals surface area contributed by atoms with Gasteiger partial charge in [-0.2, -0.15) is 5.10 Å². The molecule has 0 aliphatic carbocycles. The van der Waals surface area contributed by atoms with Gasteiger partial charge in [-0.3, -0.25) is 0 Å². The normalized spacial score (nSPS) is 16.1. The van der Waals surface area contributed by atoms with Crippen molar-refractivity contribution in [1.82, 2.24) is 5.01 Å². The van der Waals surface area contributed by atoms with Gasteiger partial charge in [-0.25, -0.2) is 5.01 Å². The average Bonchev–Trinajstić information content (AvgIpc) is 3.39. The standard InChI is InChI=1S/C21H19N3O2S/c1-25-17-11-9-15(10-12-17)19-14-18(20-8-5-13-26-20)23-24(19)21(27)22-16-6-3-2-4-7-16/h2-13,19H,14H2,1H3,(H,22,27). The molecule has 5 nitrogen and oxygen atoms in total. The first-order valence-corrected chi connectivity index (χ1v) is 9.06. The molecule has 0 radical (unpaired) electrons. The number of methoxy groups -OCH3 is 1. The molecule has 136 valence electrons. The Morgan fingerprint density at radius 2 is 1.89 bits per heavy atom. The highest BCUT2D eigenvalue weighted by Crippen LogP contribution is 2.34. The minimum Gasteiger partial charge on any atom is -0.497 e. The Kier molecular flexibility index (Phi) is 4.89. The van der Waals surface area contributed by atoms with Crippen molar-refractivity contribution in [1.29, 1.82) is 0 Å². The third-order valence-corrected chi connectivity index (χ3v) is 4.74. The van der Waals surface area contributed by atoms with Crippen molar-refractivity contribution >= 4 is 28.7 Å². The molecule has 2 aromatic carbocycles. The molecule has 0 saturated carbocycles. The number of hydrogen-bond donors (Lipinski definition) is 1. The van der Waals surface area contributed by atoms with Crippen LogP contribution in [0.25, 0.3) is 0 Å². The lowest BCUT2D eigenvalue weighted by molar-refractivity contribution is 0.374. The Hall–Kier alpha value is -3.12. The van der Waals surface area contributed by atoms with E-state index in [9.17, 15) is 0 Å². The lowest BCUT2D eigenvalue weighted by Crippen LogP contribution is -2.31. The third kappa shape index (κ3) is 3.71. The summed E-state index contributed by atoms with van der Waals surface area (Å²) >= 11 is 5.66. The number of hydrazone groups is 1. The highest BCUT2D eigenvalue weighted by Gasteiger charge is 2.32. The summed E-state index contributed by atoms with van der Waals surface area (Å²) in [6.45, 7) is 0. The quantitative estimate of drug-likeness (QED) is 0.660. The van der Waals surface area contributed by atoms with Gasteiger partial charge in [0.25, 0.3) is 0 Å². The van der Waals surface area contributed by atoms with Crippen molar-refractivity contribution in [2.75, 3.05) is 12.4 Å². The van der Waals surface area contributed by atoms with Gasteiger partial charge in [0.15, 0.2) is 5.11 Å². The zero-order valence-corrected chi connectivity index (χ0v) is 15.6. The van der Waals surface area contributed by atoms with Crippen LogP contribution in [0.3, 0.4) is 0 Å². The highest BCUT2D eigenvalue weighted by atomic mass is 32.1. The number of ether oxygens (including phenoxy) is 1. The van der Waals surface area contributed by atoms with Crippen LogP contribution in [-0.2, 0) is 0 Å². The van der Waals surface area contributed by atoms with Gasteiger partial charge in [-0.05, 0) is 54.2 Å². The van der Waals surface area contributed by atoms with Gasteiger partial charge in [0.1, 0.15) is 17.2 Å². The van der Waals surface area contributed by atoms with Crippen LogP contribution < -0.4 is 10.1 Å². The Labute approximate surface area is 163 Å². The maximum Gasteiger partial charge on any atom is 0.194 e. The molecule has 0 saturated heterocycles. The number of thiocarbonyl (C=S) groups is 1. The molecule has 2 heterocycles. The largest absolute Gasteiger partial charge is 0.497 e.